The van der Waals surface area contributed by atoms with Crippen molar-refractivity contribution in [2.24, 2.45) is 5.92 Å². The van der Waals surface area contributed by atoms with Crippen molar-refractivity contribution in [1.82, 2.24) is 5.32 Å². The Kier molecular flexibility index (Phi) is 6.01. The van der Waals surface area contributed by atoms with Crippen LogP contribution >= 0.6 is 0 Å². The van der Waals surface area contributed by atoms with Crippen molar-refractivity contribution in [1.29, 1.82) is 0 Å². The molecular formula is C13H23NO3. The number of nitrogens with one attached hydrogen (secondary N) is 1. The Balaban J connectivity index is 2.51. The number of amides is 1. The van der Waals surface area contributed by atoms with Gasteiger partial charge in [0.25, 0.3) is 0 Å². The number of carboxylic acids is 1. The Hall–Kier alpha value is -1.06. The van der Waals surface area contributed by atoms with Gasteiger partial charge in [0.1, 0.15) is 0 Å². The summed E-state index contributed by atoms with van der Waals surface area (Å²) in [6, 6.07) is -0.167. The van der Waals surface area contributed by atoms with Gasteiger partial charge < -0.3 is 10.4 Å². The van der Waals surface area contributed by atoms with Crippen LogP contribution in [0.15, 0.2) is 0 Å². The average molecular weight is 241 g/mol. The van der Waals surface area contributed by atoms with E-state index in [9.17, 15) is 14.7 Å². The minimum absolute atomic E-state index is 0.00463. The molecule has 1 aliphatic carbocycles. The van der Waals surface area contributed by atoms with E-state index >= 15 is 0 Å². The molecule has 1 amide bonds. The third-order valence-electron chi connectivity index (χ3n) is 3.44. The van der Waals surface area contributed by atoms with Crippen molar-refractivity contribution >= 4 is 11.9 Å². The maximum atomic E-state index is 11.6. The lowest BCUT2D eigenvalue weighted by Crippen LogP contribution is -2.42. The lowest BCUT2D eigenvalue weighted by Gasteiger charge is -2.22. The molecule has 1 rings (SSSR count). The summed E-state index contributed by atoms with van der Waals surface area (Å²) in [7, 11) is 0. The van der Waals surface area contributed by atoms with Gasteiger partial charge in [0.2, 0.25) is 5.91 Å². The summed E-state index contributed by atoms with van der Waals surface area (Å²) in [6.45, 7) is 2.04. The van der Waals surface area contributed by atoms with Crippen LogP contribution in [-0.4, -0.2) is 23.0 Å². The molecule has 17 heavy (non-hydrogen) atoms. The summed E-state index contributed by atoms with van der Waals surface area (Å²) in [6.07, 6.45) is 6.91. The van der Waals surface area contributed by atoms with Crippen LogP contribution in [-0.2, 0) is 9.59 Å². The summed E-state index contributed by atoms with van der Waals surface area (Å²) in [4.78, 5) is 22.8. The van der Waals surface area contributed by atoms with Crippen molar-refractivity contribution in [2.75, 3.05) is 0 Å². The summed E-state index contributed by atoms with van der Waals surface area (Å²) in [5.41, 5.74) is 0. The Morgan fingerprint density at radius 2 is 1.94 bits per heavy atom. The first-order chi connectivity index (χ1) is 8.15. The fourth-order valence-corrected chi connectivity index (χ4v) is 2.39. The number of hydrogen-bond acceptors (Lipinski definition) is 2. The van der Waals surface area contributed by atoms with Gasteiger partial charge in [-0.2, -0.15) is 0 Å². The van der Waals surface area contributed by atoms with E-state index in [0.29, 0.717) is 12.8 Å². The SMILES string of the molecule is CCCCC(=O)N[C@H]1CCCCC[C@H]1C(=O)O. The quantitative estimate of drug-likeness (QED) is 0.726. The first-order valence-electron chi connectivity index (χ1n) is 6.67. The average Bonchev–Trinajstić information content (AvgIpc) is 2.51. The van der Waals surface area contributed by atoms with Crippen LogP contribution in [0.4, 0.5) is 0 Å². The predicted molar refractivity (Wildman–Crippen MR) is 65.7 cm³/mol. The Morgan fingerprint density at radius 3 is 2.59 bits per heavy atom. The molecule has 0 aromatic heterocycles. The number of hydrogen-bond donors (Lipinski definition) is 2. The fourth-order valence-electron chi connectivity index (χ4n) is 2.39. The molecule has 0 bridgehead atoms. The monoisotopic (exact) mass is 241 g/mol. The second-order valence-corrected chi connectivity index (χ2v) is 4.86. The number of carboxylic acid groups (broad SMARTS) is 1. The van der Waals surface area contributed by atoms with Crippen LogP contribution in [0.5, 0.6) is 0 Å². The second-order valence-electron chi connectivity index (χ2n) is 4.86. The van der Waals surface area contributed by atoms with E-state index in [0.717, 1.165) is 38.5 Å². The van der Waals surface area contributed by atoms with Crippen LogP contribution in [0.25, 0.3) is 0 Å². The Labute approximate surface area is 103 Å². The Bertz CT molecular complexity index is 265. The smallest absolute Gasteiger partial charge is 0.308 e. The number of carbonyl (C=O) groups excluding carboxylic acids is 1. The van der Waals surface area contributed by atoms with Gasteiger partial charge in [-0.05, 0) is 19.3 Å². The van der Waals surface area contributed by atoms with Gasteiger partial charge in [0, 0.05) is 12.5 Å². The highest BCUT2D eigenvalue weighted by atomic mass is 16.4. The Morgan fingerprint density at radius 1 is 1.24 bits per heavy atom. The molecular weight excluding hydrogens is 218 g/mol. The third-order valence-corrected chi connectivity index (χ3v) is 3.44. The number of rotatable bonds is 5. The second kappa shape index (κ2) is 7.30. The number of aliphatic carboxylic acids is 1. The largest absolute Gasteiger partial charge is 0.481 e. The van der Waals surface area contributed by atoms with Gasteiger partial charge in [-0.3, -0.25) is 9.59 Å². The number of carbonyl (C=O) groups is 2. The fraction of sp³-hybridized carbons (Fsp3) is 0.846. The van der Waals surface area contributed by atoms with Crippen LogP contribution in [0.2, 0.25) is 0 Å². The molecule has 0 aliphatic heterocycles. The van der Waals surface area contributed by atoms with Crippen LogP contribution in [0.3, 0.4) is 0 Å². The zero-order chi connectivity index (χ0) is 12.7. The summed E-state index contributed by atoms with van der Waals surface area (Å²) < 4.78 is 0. The maximum Gasteiger partial charge on any atom is 0.308 e. The van der Waals surface area contributed by atoms with Gasteiger partial charge in [0.15, 0.2) is 0 Å². The van der Waals surface area contributed by atoms with E-state index in [1.165, 1.54) is 0 Å². The molecule has 4 heteroatoms. The minimum Gasteiger partial charge on any atom is -0.481 e. The lowest BCUT2D eigenvalue weighted by molar-refractivity contribution is -0.143. The highest BCUT2D eigenvalue weighted by molar-refractivity contribution is 5.78. The molecule has 98 valence electrons. The first-order valence-corrected chi connectivity index (χ1v) is 6.67. The molecule has 0 aromatic rings. The summed E-state index contributed by atoms with van der Waals surface area (Å²) in [5.74, 6) is -1.17. The third kappa shape index (κ3) is 4.75. The highest BCUT2D eigenvalue weighted by Crippen LogP contribution is 2.23. The molecule has 0 unspecified atom stereocenters. The van der Waals surface area contributed by atoms with Crippen LogP contribution < -0.4 is 5.32 Å². The standard InChI is InChI=1S/C13H23NO3/c1-2-3-9-12(15)14-11-8-6-4-5-7-10(11)13(16)17/h10-11H,2-9H2,1H3,(H,14,15)(H,16,17)/t10-,11+/m1/s1. The molecule has 0 heterocycles. The molecule has 0 saturated heterocycles. The first kappa shape index (κ1) is 14.0. The van der Waals surface area contributed by atoms with Crippen molar-refractivity contribution in [2.45, 2.75) is 64.3 Å². The zero-order valence-electron chi connectivity index (χ0n) is 10.6. The predicted octanol–water partition coefficient (Wildman–Crippen LogP) is 2.33. The molecule has 0 aromatic carbocycles. The van der Waals surface area contributed by atoms with Gasteiger partial charge in [-0.1, -0.05) is 32.6 Å². The van der Waals surface area contributed by atoms with Gasteiger partial charge in [-0.15, -0.1) is 0 Å². The van der Waals surface area contributed by atoms with E-state index in [1.54, 1.807) is 0 Å². The molecule has 1 saturated carbocycles. The molecule has 1 fully saturated rings. The van der Waals surface area contributed by atoms with E-state index in [4.69, 9.17) is 0 Å². The van der Waals surface area contributed by atoms with Gasteiger partial charge in [-0.25, -0.2) is 0 Å². The maximum absolute atomic E-state index is 11.6. The van der Waals surface area contributed by atoms with E-state index < -0.39 is 11.9 Å². The molecule has 2 atom stereocenters. The summed E-state index contributed by atoms with van der Waals surface area (Å²) in [5, 5.41) is 12.1. The molecule has 2 N–H and O–H groups in total. The van der Waals surface area contributed by atoms with Gasteiger partial charge in [0.05, 0.1) is 5.92 Å². The number of unbranched alkanes of at least 4 members (excludes halogenated alkanes) is 1. The topological polar surface area (TPSA) is 66.4 Å². The van der Waals surface area contributed by atoms with Crippen LogP contribution in [0, 0.1) is 5.92 Å². The lowest BCUT2D eigenvalue weighted by atomic mass is 9.94. The normalized spacial score (nSPS) is 25.0. The van der Waals surface area contributed by atoms with E-state index in [-0.39, 0.29) is 11.9 Å². The summed E-state index contributed by atoms with van der Waals surface area (Å²) >= 11 is 0. The van der Waals surface area contributed by atoms with Crippen molar-refractivity contribution in [3.05, 3.63) is 0 Å². The van der Waals surface area contributed by atoms with E-state index in [2.05, 4.69) is 5.32 Å². The van der Waals surface area contributed by atoms with Crippen molar-refractivity contribution < 1.29 is 14.7 Å². The van der Waals surface area contributed by atoms with Crippen LogP contribution in [0.1, 0.15) is 58.3 Å². The molecule has 0 radical (unpaired) electrons. The molecule has 4 nitrogen and oxygen atoms in total. The zero-order valence-corrected chi connectivity index (χ0v) is 10.6. The van der Waals surface area contributed by atoms with Crippen molar-refractivity contribution in [3.63, 3.8) is 0 Å². The van der Waals surface area contributed by atoms with Crippen molar-refractivity contribution in [3.8, 4) is 0 Å². The highest BCUT2D eigenvalue weighted by Gasteiger charge is 2.30. The van der Waals surface area contributed by atoms with Gasteiger partial charge >= 0.3 is 5.97 Å². The van der Waals surface area contributed by atoms with E-state index in [1.807, 2.05) is 6.92 Å². The molecule has 1 aliphatic rings. The minimum atomic E-state index is -0.771. The molecule has 0 spiro atoms.